The SMILES string of the molecule is Cc1ccc(NC(=O)CN2CC3(CCN(S(C)(=O)=O)CC3)CC2c2nc(C)no2)cc1. The highest BCUT2D eigenvalue weighted by Crippen LogP contribution is 2.48. The summed E-state index contributed by atoms with van der Waals surface area (Å²) in [6.45, 7) is 5.67. The Bertz CT molecular complexity index is 1040. The van der Waals surface area contributed by atoms with Crippen LogP contribution in [0.1, 0.15) is 42.6 Å². The van der Waals surface area contributed by atoms with E-state index in [0.29, 0.717) is 31.3 Å². The van der Waals surface area contributed by atoms with E-state index in [1.54, 1.807) is 6.92 Å². The van der Waals surface area contributed by atoms with Crippen molar-refractivity contribution in [1.82, 2.24) is 19.3 Å². The molecule has 1 atom stereocenters. The number of hydrogen-bond acceptors (Lipinski definition) is 7. The van der Waals surface area contributed by atoms with Gasteiger partial charge in [0.2, 0.25) is 21.8 Å². The number of aryl methyl sites for hydroxylation is 2. The molecule has 0 radical (unpaired) electrons. The molecule has 2 saturated heterocycles. The Morgan fingerprint density at radius 3 is 2.48 bits per heavy atom. The Balaban J connectivity index is 1.49. The summed E-state index contributed by atoms with van der Waals surface area (Å²) in [5.74, 6) is 0.977. The first kappa shape index (κ1) is 21.9. The Hall–Kier alpha value is -2.30. The van der Waals surface area contributed by atoms with Crippen LogP contribution < -0.4 is 5.32 Å². The van der Waals surface area contributed by atoms with Crippen LogP contribution in [0.3, 0.4) is 0 Å². The first-order valence-electron chi connectivity index (χ1n) is 10.5. The van der Waals surface area contributed by atoms with Gasteiger partial charge in [-0.25, -0.2) is 12.7 Å². The summed E-state index contributed by atoms with van der Waals surface area (Å²) >= 11 is 0. The number of benzene rings is 1. The Labute approximate surface area is 182 Å². The molecule has 0 bridgehead atoms. The lowest BCUT2D eigenvalue weighted by Gasteiger charge is -2.38. The number of sulfonamides is 1. The average molecular weight is 448 g/mol. The molecule has 10 heteroatoms. The molecule has 31 heavy (non-hydrogen) atoms. The third-order valence-electron chi connectivity index (χ3n) is 6.37. The maximum Gasteiger partial charge on any atom is 0.244 e. The van der Waals surface area contributed by atoms with E-state index in [2.05, 4.69) is 20.4 Å². The van der Waals surface area contributed by atoms with Crippen LogP contribution in [-0.4, -0.2) is 66.1 Å². The first-order chi connectivity index (χ1) is 14.6. The van der Waals surface area contributed by atoms with E-state index in [1.807, 2.05) is 31.2 Å². The first-order valence-corrected chi connectivity index (χ1v) is 12.3. The fourth-order valence-corrected chi connectivity index (χ4v) is 5.53. The second kappa shape index (κ2) is 8.33. The summed E-state index contributed by atoms with van der Waals surface area (Å²) in [5.41, 5.74) is 1.82. The van der Waals surface area contributed by atoms with E-state index in [0.717, 1.165) is 30.5 Å². The lowest BCUT2D eigenvalue weighted by molar-refractivity contribution is -0.117. The van der Waals surface area contributed by atoms with Gasteiger partial charge in [0, 0.05) is 25.3 Å². The van der Waals surface area contributed by atoms with E-state index in [4.69, 9.17) is 4.52 Å². The second-order valence-electron chi connectivity index (χ2n) is 8.88. The smallest absolute Gasteiger partial charge is 0.244 e. The lowest BCUT2D eigenvalue weighted by atomic mass is 9.77. The topological polar surface area (TPSA) is 109 Å². The summed E-state index contributed by atoms with van der Waals surface area (Å²) in [4.78, 5) is 19.3. The number of amides is 1. The monoisotopic (exact) mass is 447 g/mol. The van der Waals surface area contributed by atoms with E-state index < -0.39 is 10.0 Å². The van der Waals surface area contributed by atoms with Gasteiger partial charge in [-0.1, -0.05) is 22.9 Å². The maximum absolute atomic E-state index is 12.8. The molecule has 0 aliphatic carbocycles. The zero-order chi connectivity index (χ0) is 22.2. The number of carbonyl (C=O) groups is 1. The highest BCUT2D eigenvalue weighted by atomic mass is 32.2. The van der Waals surface area contributed by atoms with Crippen molar-refractivity contribution in [1.29, 1.82) is 0 Å². The summed E-state index contributed by atoms with van der Waals surface area (Å²) in [6, 6.07) is 7.53. The van der Waals surface area contributed by atoms with Crippen LogP contribution >= 0.6 is 0 Å². The highest BCUT2D eigenvalue weighted by Gasteiger charge is 2.49. The summed E-state index contributed by atoms with van der Waals surface area (Å²) < 4.78 is 30.8. The van der Waals surface area contributed by atoms with Gasteiger partial charge in [-0.3, -0.25) is 9.69 Å². The van der Waals surface area contributed by atoms with Crippen LogP contribution in [0, 0.1) is 19.3 Å². The van der Waals surface area contributed by atoms with Gasteiger partial charge in [0.25, 0.3) is 0 Å². The number of hydrogen-bond donors (Lipinski definition) is 1. The minimum absolute atomic E-state index is 0.0711. The van der Waals surface area contributed by atoms with Crippen LogP contribution in [0.15, 0.2) is 28.8 Å². The molecule has 2 fully saturated rings. The quantitative estimate of drug-likeness (QED) is 0.748. The molecule has 0 saturated carbocycles. The fraction of sp³-hybridized carbons (Fsp3) is 0.571. The maximum atomic E-state index is 12.8. The second-order valence-corrected chi connectivity index (χ2v) is 10.9. The van der Waals surface area contributed by atoms with E-state index in [9.17, 15) is 13.2 Å². The van der Waals surface area contributed by atoms with Gasteiger partial charge in [-0.15, -0.1) is 0 Å². The van der Waals surface area contributed by atoms with Crippen molar-refractivity contribution < 1.29 is 17.7 Å². The van der Waals surface area contributed by atoms with Crippen LogP contribution in [0.4, 0.5) is 5.69 Å². The number of nitrogens with zero attached hydrogens (tertiary/aromatic N) is 4. The number of nitrogens with one attached hydrogen (secondary N) is 1. The van der Waals surface area contributed by atoms with Gasteiger partial charge < -0.3 is 9.84 Å². The van der Waals surface area contributed by atoms with E-state index >= 15 is 0 Å². The average Bonchev–Trinajstić information content (AvgIpc) is 3.27. The molecular formula is C21H29N5O4S. The minimum Gasteiger partial charge on any atom is -0.338 e. The standard InChI is InChI=1S/C21H29N5O4S/c1-15-4-6-17(7-5-15)23-19(27)13-25-14-21(8-10-26(11-9-21)31(3,28)29)12-18(25)20-22-16(2)24-30-20/h4-7,18H,8-14H2,1-3H3,(H,23,27). The Morgan fingerprint density at radius 2 is 1.90 bits per heavy atom. The highest BCUT2D eigenvalue weighted by molar-refractivity contribution is 7.88. The van der Waals surface area contributed by atoms with Gasteiger partial charge in [0.05, 0.1) is 18.8 Å². The minimum atomic E-state index is -3.19. The van der Waals surface area contributed by atoms with Crippen molar-refractivity contribution in [3.05, 3.63) is 41.5 Å². The van der Waals surface area contributed by atoms with Crippen LogP contribution in [0.5, 0.6) is 0 Å². The number of aromatic nitrogens is 2. The van der Waals surface area contributed by atoms with Crippen molar-refractivity contribution in [3.63, 3.8) is 0 Å². The molecule has 4 rings (SSSR count). The molecule has 2 aliphatic heterocycles. The van der Waals surface area contributed by atoms with Gasteiger partial charge in [-0.2, -0.15) is 4.98 Å². The molecule has 9 nitrogen and oxygen atoms in total. The number of likely N-dealkylation sites (tertiary alicyclic amines) is 1. The fourth-order valence-electron chi connectivity index (χ4n) is 4.68. The van der Waals surface area contributed by atoms with E-state index in [-0.39, 0.29) is 23.9 Å². The van der Waals surface area contributed by atoms with Crippen molar-refractivity contribution in [3.8, 4) is 0 Å². The molecule has 1 aromatic heterocycles. The molecule has 168 valence electrons. The molecule has 1 spiro atoms. The molecule has 1 amide bonds. The lowest BCUT2D eigenvalue weighted by Crippen LogP contribution is -2.44. The largest absolute Gasteiger partial charge is 0.338 e. The zero-order valence-electron chi connectivity index (χ0n) is 18.2. The molecule has 2 aromatic rings. The van der Waals surface area contributed by atoms with Crippen molar-refractivity contribution >= 4 is 21.6 Å². The predicted octanol–water partition coefficient (Wildman–Crippen LogP) is 2.11. The number of anilines is 1. The number of carbonyl (C=O) groups excluding carboxylic acids is 1. The van der Waals surface area contributed by atoms with Crippen molar-refractivity contribution in [2.45, 2.75) is 39.2 Å². The molecule has 1 N–H and O–H groups in total. The number of rotatable bonds is 5. The molecular weight excluding hydrogens is 418 g/mol. The van der Waals surface area contributed by atoms with Gasteiger partial charge in [-0.05, 0) is 50.7 Å². The summed E-state index contributed by atoms with van der Waals surface area (Å²) in [6.07, 6.45) is 3.52. The number of piperidine rings is 1. The van der Waals surface area contributed by atoms with Crippen LogP contribution in [-0.2, 0) is 14.8 Å². The summed E-state index contributed by atoms with van der Waals surface area (Å²) in [7, 11) is -3.19. The molecule has 3 heterocycles. The normalized spacial score (nSPS) is 22.1. The Kier molecular flexibility index (Phi) is 5.89. The van der Waals surface area contributed by atoms with Crippen molar-refractivity contribution in [2.24, 2.45) is 5.41 Å². The van der Waals surface area contributed by atoms with Crippen LogP contribution in [0.25, 0.3) is 0 Å². The van der Waals surface area contributed by atoms with Gasteiger partial charge in [0.15, 0.2) is 5.82 Å². The molecule has 2 aliphatic rings. The molecule has 1 unspecified atom stereocenters. The summed E-state index contributed by atoms with van der Waals surface area (Å²) in [5, 5.41) is 6.88. The van der Waals surface area contributed by atoms with Gasteiger partial charge in [0.1, 0.15) is 0 Å². The van der Waals surface area contributed by atoms with Crippen LogP contribution in [0.2, 0.25) is 0 Å². The predicted molar refractivity (Wildman–Crippen MR) is 116 cm³/mol. The van der Waals surface area contributed by atoms with Gasteiger partial charge >= 0.3 is 0 Å². The Morgan fingerprint density at radius 1 is 1.23 bits per heavy atom. The third-order valence-corrected chi connectivity index (χ3v) is 7.67. The molecule has 1 aromatic carbocycles. The zero-order valence-corrected chi connectivity index (χ0v) is 19.0. The van der Waals surface area contributed by atoms with E-state index in [1.165, 1.54) is 10.6 Å². The van der Waals surface area contributed by atoms with Crippen molar-refractivity contribution in [2.75, 3.05) is 37.8 Å². The third kappa shape index (κ3) is 4.97.